The third kappa shape index (κ3) is 3.62. The predicted octanol–water partition coefficient (Wildman–Crippen LogP) is 3.03. The largest absolute Gasteiger partial charge is 0.454 e. The Hall–Kier alpha value is -0.970. The van der Waals surface area contributed by atoms with Gasteiger partial charge in [0.05, 0.1) is 5.02 Å². The van der Waals surface area contributed by atoms with Crippen LogP contribution in [0.3, 0.4) is 0 Å². The molecule has 1 fully saturated rings. The molecule has 5 heteroatoms. The fourth-order valence-corrected chi connectivity index (χ4v) is 3.36. The molecule has 1 atom stereocenters. The molecule has 116 valence electrons. The molecule has 0 radical (unpaired) electrons. The Morgan fingerprint density at radius 2 is 2.24 bits per heavy atom. The summed E-state index contributed by atoms with van der Waals surface area (Å²) in [6.45, 7) is 6.63. The highest BCUT2D eigenvalue weighted by atomic mass is 35.5. The van der Waals surface area contributed by atoms with Crippen LogP contribution >= 0.6 is 11.6 Å². The van der Waals surface area contributed by atoms with Crippen molar-refractivity contribution in [1.82, 2.24) is 10.2 Å². The van der Waals surface area contributed by atoms with Crippen molar-refractivity contribution in [3.63, 3.8) is 0 Å². The van der Waals surface area contributed by atoms with E-state index in [-0.39, 0.29) is 6.79 Å². The van der Waals surface area contributed by atoms with Crippen molar-refractivity contribution in [2.45, 2.75) is 38.8 Å². The van der Waals surface area contributed by atoms with Crippen molar-refractivity contribution < 1.29 is 9.47 Å². The summed E-state index contributed by atoms with van der Waals surface area (Å²) in [5.74, 6) is 1.45. The third-order valence-corrected chi connectivity index (χ3v) is 4.51. The molecule has 0 aromatic heterocycles. The second-order valence-corrected chi connectivity index (χ2v) is 6.19. The lowest BCUT2D eigenvalue weighted by Crippen LogP contribution is -2.43. The van der Waals surface area contributed by atoms with Crippen LogP contribution in [0.15, 0.2) is 12.1 Å². The van der Waals surface area contributed by atoms with Crippen LogP contribution in [-0.2, 0) is 6.54 Å². The van der Waals surface area contributed by atoms with Gasteiger partial charge in [0, 0.05) is 19.1 Å². The van der Waals surface area contributed by atoms with Crippen LogP contribution in [0, 0.1) is 0 Å². The van der Waals surface area contributed by atoms with Gasteiger partial charge < -0.3 is 14.8 Å². The Kier molecular flexibility index (Phi) is 4.88. The first-order chi connectivity index (χ1) is 10.3. The lowest BCUT2D eigenvalue weighted by Gasteiger charge is -2.30. The van der Waals surface area contributed by atoms with Gasteiger partial charge in [0.25, 0.3) is 0 Å². The number of hydrogen-bond donors (Lipinski definition) is 1. The zero-order valence-electron chi connectivity index (χ0n) is 12.5. The molecule has 0 spiro atoms. The highest BCUT2D eigenvalue weighted by Gasteiger charge is 2.20. The van der Waals surface area contributed by atoms with Gasteiger partial charge >= 0.3 is 0 Å². The average molecular weight is 311 g/mol. The summed E-state index contributed by atoms with van der Waals surface area (Å²) in [5.41, 5.74) is 1.18. The predicted molar refractivity (Wildman–Crippen MR) is 84.2 cm³/mol. The van der Waals surface area contributed by atoms with Crippen LogP contribution in [0.4, 0.5) is 0 Å². The zero-order chi connectivity index (χ0) is 14.7. The molecule has 3 rings (SSSR count). The molecule has 1 saturated heterocycles. The molecule has 2 heterocycles. The summed E-state index contributed by atoms with van der Waals surface area (Å²) in [6.07, 6.45) is 3.92. The standard InChI is InChI=1S/C16H23ClN2O2/c1-2-19(10-13-5-3-4-6-18-13)9-12-7-14(17)16-15(8-12)20-11-21-16/h7-8,13,18H,2-6,9-11H2,1H3. The van der Waals surface area contributed by atoms with E-state index in [0.29, 0.717) is 16.8 Å². The van der Waals surface area contributed by atoms with Gasteiger partial charge in [0.1, 0.15) is 0 Å². The zero-order valence-corrected chi connectivity index (χ0v) is 13.3. The van der Waals surface area contributed by atoms with E-state index in [1.165, 1.54) is 24.8 Å². The summed E-state index contributed by atoms with van der Waals surface area (Å²) in [6, 6.07) is 4.65. The number of benzene rings is 1. The molecule has 1 aromatic carbocycles. The number of halogens is 1. The smallest absolute Gasteiger partial charge is 0.231 e. The van der Waals surface area contributed by atoms with Crippen molar-refractivity contribution in [1.29, 1.82) is 0 Å². The van der Waals surface area contributed by atoms with E-state index in [9.17, 15) is 0 Å². The number of nitrogens with one attached hydrogen (secondary N) is 1. The van der Waals surface area contributed by atoms with Gasteiger partial charge in [-0.15, -0.1) is 0 Å². The van der Waals surface area contributed by atoms with Gasteiger partial charge in [-0.25, -0.2) is 0 Å². The van der Waals surface area contributed by atoms with Crippen molar-refractivity contribution in [3.8, 4) is 11.5 Å². The fourth-order valence-electron chi connectivity index (χ4n) is 3.07. The number of likely N-dealkylation sites (N-methyl/N-ethyl adjacent to an activating group) is 1. The van der Waals surface area contributed by atoms with Crippen LogP contribution in [0.25, 0.3) is 0 Å². The molecule has 21 heavy (non-hydrogen) atoms. The van der Waals surface area contributed by atoms with E-state index in [1.807, 2.05) is 12.1 Å². The van der Waals surface area contributed by atoms with Crippen molar-refractivity contribution in [3.05, 3.63) is 22.7 Å². The summed E-state index contributed by atoms with van der Waals surface area (Å²) in [5, 5.41) is 4.26. The summed E-state index contributed by atoms with van der Waals surface area (Å²) in [7, 11) is 0. The Bertz CT molecular complexity index is 489. The molecule has 1 unspecified atom stereocenters. The van der Waals surface area contributed by atoms with Gasteiger partial charge in [-0.3, -0.25) is 4.90 Å². The number of fused-ring (bicyclic) bond motifs is 1. The van der Waals surface area contributed by atoms with Crippen molar-refractivity contribution in [2.75, 3.05) is 26.4 Å². The average Bonchev–Trinajstić information content (AvgIpc) is 2.96. The SMILES string of the molecule is CCN(Cc1cc(Cl)c2c(c1)OCO2)CC1CCCCN1. The van der Waals surface area contributed by atoms with Gasteiger partial charge in [-0.1, -0.05) is 24.9 Å². The molecule has 1 N–H and O–H groups in total. The number of ether oxygens (including phenoxy) is 2. The van der Waals surface area contributed by atoms with Crippen LogP contribution in [0.2, 0.25) is 5.02 Å². The lowest BCUT2D eigenvalue weighted by molar-refractivity contribution is 0.174. The maximum absolute atomic E-state index is 6.26. The van der Waals surface area contributed by atoms with E-state index in [2.05, 4.69) is 17.1 Å². The first kappa shape index (κ1) is 14.9. The maximum atomic E-state index is 6.26. The molecule has 0 saturated carbocycles. The maximum Gasteiger partial charge on any atom is 0.231 e. The Morgan fingerprint density at radius 1 is 1.33 bits per heavy atom. The number of rotatable bonds is 5. The molecule has 2 aliphatic rings. The van der Waals surface area contributed by atoms with Crippen LogP contribution in [0.5, 0.6) is 11.5 Å². The third-order valence-electron chi connectivity index (χ3n) is 4.23. The molecular formula is C16H23ClN2O2. The molecule has 0 aliphatic carbocycles. The Morgan fingerprint density at radius 3 is 3.00 bits per heavy atom. The minimum absolute atomic E-state index is 0.266. The quantitative estimate of drug-likeness (QED) is 0.906. The first-order valence-electron chi connectivity index (χ1n) is 7.80. The Balaban J connectivity index is 1.64. The van der Waals surface area contributed by atoms with E-state index in [1.54, 1.807) is 0 Å². The lowest BCUT2D eigenvalue weighted by atomic mass is 10.0. The molecule has 1 aromatic rings. The molecule has 2 aliphatic heterocycles. The molecule has 4 nitrogen and oxygen atoms in total. The van der Waals surface area contributed by atoms with Crippen molar-refractivity contribution in [2.24, 2.45) is 0 Å². The summed E-state index contributed by atoms with van der Waals surface area (Å²) < 4.78 is 10.8. The number of piperidine rings is 1. The molecule has 0 amide bonds. The summed E-state index contributed by atoms with van der Waals surface area (Å²) >= 11 is 6.26. The van der Waals surface area contributed by atoms with Crippen LogP contribution < -0.4 is 14.8 Å². The highest BCUT2D eigenvalue weighted by molar-refractivity contribution is 6.32. The van der Waals surface area contributed by atoms with Gasteiger partial charge in [0.2, 0.25) is 6.79 Å². The van der Waals surface area contributed by atoms with Gasteiger partial charge in [0.15, 0.2) is 11.5 Å². The van der Waals surface area contributed by atoms with Crippen LogP contribution in [0.1, 0.15) is 31.7 Å². The monoisotopic (exact) mass is 310 g/mol. The fraction of sp³-hybridized carbons (Fsp3) is 0.625. The highest BCUT2D eigenvalue weighted by Crippen LogP contribution is 2.40. The van der Waals surface area contributed by atoms with E-state index in [4.69, 9.17) is 21.1 Å². The van der Waals surface area contributed by atoms with E-state index < -0.39 is 0 Å². The minimum Gasteiger partial charge on any atom is -0.454 e. The molecular weight excluding hydrogens is 288 g/mol. The topological polar surface area (TPSA) is 33.7 Å². The summed E-state index contributed by atoms with van der Waals surface area (Å²) in [4.78, 5) is 2.46. The van der Waals surface area contributed by atoms with Crippen molar-refractivity contribution >= 4 is 11.6 Å². The Labute approximate surface area is 131 Å². The van der Waals surface area contributed by atoms with Crippen LogP contribution in [-0.4, -0.2) is 37.4 Å². The van der Waals surface area contributed by atoms with Gasteiger partial charge in [-0.2, -0.15) is 0 Å². The van der Waals surface area contributed by atoms with E-state index >= 15 is 0 Å². The second-order valence-electron chi connectivity index (χ2n) is 5.79. The normalized spacial score (nSPS) is 21.0. The number of nitrogens with zero attached hydrogens (tertiary/aromatic N) is 1. The second kappa shape index (κ2) is 6.86. The van der Waals surface area contributed by atoms with Gasteiger partial charge in [-0.05, 0) is 43.6 Å². The molecule has 0 bridgehead atoms. The van der Waals surface area contributed by atoms with E-state index in [0.717, 1.165) is 31.9 Å². The number of hydrogen-bond acceptors (Lipinski definition) is 4. The minimum atomic E-state index is 0.266. The first-order valence-corrected chi connectivity index (χ1v) is 8.18.